The van der Waals surface area contributed by atoms with Crippen molar-refractivity contribution >= 4 is 5.97 Å². The van der Waals surface area contributed by atoms with Gasteiger partial charge in [-0.2, -0.15) is 0 Å². The Labute approximate surface area is 273 Å². The summed E-state index contributed by atoms with van der Waals surface area (Å²) in [4.78, 5) is 13.0. The van der Waals surface area contributed by atoms with Gasteiger partial charge in [-0.05, 0) is 98.7 Å². The van der Waals surface area contributed by atoms with Gasteiger partial charge in [-0.1, -0.05) is 46.3 Å². The van der Waals surface area contributed by atoms with Gasteiger partial charge in [-0.25, -0.2) is 0 Å². The summed E-state index contributed by atoms with van der Waals surface area (Å²) in [6, 6.07) is 0. The Bertz CT molecular complexity index is 1240. The SMILES string of the molecule is C[C@@H]1CC[C@]2(C(=O)O)CC[C@]3(C)C(=CC[C@@H]4[C@@]5(C)CC[C@H](O[C@@H]6O[C@H](CO)[C@@H](O)[C@H](O)[C@H]6O)[C@@](C)(CO)[C@@H]5CC[C@]43C)[C@@H]2[C@]1(C)O. The van der Waals surface area contributed by atoms with Crippen LogP contribution >= 0.6 is 0 Å². The molecule has 46 heavy (non-hydrogen) atoms. The molecule has 0 bridgehead atoms. The van der Waals surface area contributed by atoms with Crippen molar-refractivity contribution in [1.82, 2.24) is 0 Å². The summed E-state index contributed by atoms with van der Waals surface area (Å²) in [5.74, 6) is -0.892. The molecule has 0 aromatic carbocycles. The Morgan fingerprint density at radius 3 is 2.24 bits per heavy atom. The number of aliphatic carboxylic acids is 1. The lowest BCUT2D eigenvalue weighted by atomic mass is 9.33. The van der Waals surface area contributed by atoms with Gasteiger partial charge in [0.05, 0.1) is 30.3 Å². The van der Waals surface area contributed by atoms with Gasteiger partial charge in [-0.3, -0.25) is 4.79 Å². The van der Waals surface area contributed by atoms with Crippen molar-refractivity contribution in [2.75, 3.05) is 13.2 Å². The van der Waals surface area contributed by atoms with Gasteiger partial charge in [0.15, 0.2) is 6.29 Å². The Morgan fingerprint density at radius 1 is 0.913 bits per heavy atom. The lowest BCUT2D eigenvalue weighted by Gasteiger charge is -2.72. The summed E-state index contributed by atoms with van der Waals surface area (Å²) >= 11 is 0. The predicted octanol–water partition coefficient (Wildman–Crippen LogP) is 3.00. The summed E-state index contributed by atoms with van der Waals surface area (Å²) < 4.78 is 12.1. The van der Waals surface area contributed by atoms with Crippen molar-refractivity contribution in [2.45, 2.75) is 142 Å². The van der Waals surface area contributed by atoms with E-state index in [1.807, 2.05) is 13.8 Å². The van der Waals surface area contributed by atoms with E-state index in [0.29, 0.717) is 25.7 Å². The van der Waals surface area contributed by atoms with Crippen LogP contribution in [0.2, 0.25) is 0 Å². The molecule has 16 atom stereocenters. The zero-order chi connectivity index (χ0) is 33.8. The Balaban J connectivity index is 1.33. The zero-order valence-corrected chi connectivity index (χ0v) is 28.5. The Morgan fingerprint density at radius 2 is 1.61 bits per heavy atom. The highest BCUT2D eigenvalue weighted by Crippen LogP contribution is 2.76. The molecule has 0 radical (unpaired) electrons. The van der Waals surface area contributed by atoms with Gasteiger partial charge in [0.2, 0.25) is 0 Å². The van der Waals surface area contributed by atoms with Crippen LogP contribution in [0.15, 0.2) is 11.6 Å². The van der Waals surface area contributed by atoms with Crippen LogP contribution < -0.4 is 0 Å². The molecule has 5 fully saturated rings. The van der Waals surface area contributed by atoms with Crippen molar-refractivity contribution < 1.29 is 50.0 Å². The van der Waals surface area contributed by atoms with Crippen LogP contribution in [0.4, 0.5) is 0 Å². The van der Waals surface area contributed by atoms with Crippen molar-refractivity contribution in [2.24, 2.45) is 50.7 Å². The van der Waals surface area contributed by atoms with Gasteiger partial charge in [0.25, 0.3) is 0 Å². The number of allylic oxidation sites excluding steroid dienone is 1. The molecular formula is C36H58O10. The average Bonchev–Trinajstić information content (AvgIpc) is 3.00. The fourth-order valence-electron chi connectivity index (χ4n) is 12.4. The molecule has 262 valence electrons. The molecule has 6 aliphatic rings. The van der Waals surface area contributed by atoms with E-state index in [-0.39, 0.29) is 40.6 Å². The second-order valence-electron chi connectivity index (χ2n) is 17.4. The molecule has 1 heterocycles. The second kappa shape index (κ2) is 11.2. The standard InChI is InChI=1S/C36H58O10/c1-19-9-14-36(30(42)43)16-15-33(4)20(28(36)35(19,6)44)7-8-23-31(2)12-11-24(32(3,18-38)22(31)10-13-34(23,33)5)46-29-27(41)26(40)25(39)21(17-37)45-29/h7,19,21-29,37-41,44H,8-18H2,1-6H3,(H,42,43)/t19-,21-,22-,23-,24+,25-,26+,27-,28-,29+,31+,32+,33-,34-,35-,36+/m1/s1. The molecule has 0 unspecified atom stereocenters. The smallest absolute Gasteiger partial charge is 0.310 e. The third-order valence-corrected chi connectivity index (χ3v) is 15.7. The number of fused-ring (bicyclic) bond motifs is 7. The summed E-state index contributed by atoms with van der Waals surface area (Å²) in [6.45, 7) is 12.4. The van der Waals surface area contributed by atoms with Gasteiger partial charge in [0.1, 0.15) is 24.4 Å². The zero-order valence-electron chi connectivity index (χ0n) is 28.5. The highest BCUT2D eigenvalue weighted by molar-refractivity contribution is 5.77. The summed E-state index contributed by atoms with van der Waals surface area (Å²) in [6.07, 6.45) is 1.49. The average molecular weight is 651 g/mol. The minimum absolute atomic E-state index is 0.00348. The quantitative estimate of drug-likeness (QED) is 0.173. The lowest BCUT2D eigenvalue weighted by molar-refractivity contribution is -0.333. The van der Waals surface area contributed by atoms with Gasteiger partial charge in [-0.15, -0.1) is 0 Å². The van der Waals surface area contributed by atoms with Gasteiger partial charge in [0, 0.05) is 11.3 Å². The molecule has 6 rings (SSSR count). The second-order valence-corrected chi connectivity index (χ2v) is 17.4. The molecule has 5 aliphatic carbocycles. The van der Waals surface area contributed by atoms with E-state index < -0.39 is 71.7 Å². The topological polar surface area (TPSA) is 177 Å². The van der Waals surface area contributed by atoms with Crippen molar-refractivity contribution in [3.63, 3.8) is 0 Å². The highest BCUT2D eigenvalue weighted by Gasteiger charge is 2.72. The van der Waals surface area contributed by atoms with Crippen LogP contribution in [-0.4, -0.2) is 97.3 Å². The third-order valence-electron chi connectivity index (χ3n) is 15.7. The number of carboxylic acids is 1. The first-order valence-electron chi connectivity index (χ1n) is 17.6. The molecule has 1 saturated heterocycles. The molecule has 7 N–H and O–H groups in total. The Kier molecular flexibility index (Phi) is 8.46. The van der Waals surface area contributed by atoms with Crippen molar-refractivity contribution in [1.29, 1.82) is 0 Å². The van der Waals surface area contributed by atoms with Gasteiger partial charge < -0.3 is 45.2 Å². The van der Waals surface area contributed by atoms with Crippen LogP contribution in [0, 0.1) is 50.7 Å². The predicted molar refractivity (Wildman–Crippen MR) is 168 cm³/mol. The lowest BCUT2D eigenvalue weighted by Crippen LogP contribution is -2.68. The van der Waals surface area contributed by atoms with Crippen LogP contribution in [0.25, 0.3) is 0 Å². The largest absolute Gasteiger partial charge is 0.481 e. The molecule has 10 heteroatoms. The van der Waals surface area contributed by atoms with Crippen LogP contribution in [0.5, 0.6) is 0 Å². The van der Waals surface area contributed by atoms with E-state index in [9.17, 15) is 40.5 Å². The number of hydrogen-bond acceptors (Lipinski definition) is 9. The molecule has 0 amide bonds. The fourth-order valence-corrected chi connectivity index (χ4v) is 12.4. The molecule has 10 nitrogen and oxygen atoms in total. The highest BCUT2D eigenvalue weighted by atomic mass is 16.7. The van der Waals surface area contributed by atoms with Crippen molar-refractivity contribution in [3.05, 3.63) is 11.6 Å². The van der Waals surface area contributed by atoms with Crippen LogP contribution in [0.1, 0.15) is 99.3 Å². The van der Waals surface area contributed by atoms with Crippen LogP contribution in [0.3, 0.4) is 0 Å². The van der Waals surface area contributed by atoms with Crippen molar-refractivity contribution in [3.8, 4) is 0 Å². The number of aliphatic hydroxyl groups is 6. The maximum atomic E-state index is 13.0. The van der Waals surface area contributed by atoms with E-state index in [4.69, 9.17) is 9.47 Å². The Hall–Kier alpha value is -1.11. The molecular weight excluding hydrogens is 592 g/mol. The van der Waals surface area contributed by atoms with E-state index in [2.05, 4.69) is 33.8 Å². The van der Waals surface area contributed by atoms with Crippen LogP contribution in [-0.2, 0) is 14.3 Å². The summed E-state index contributed by atoms with van der Waals surface area (Å²) in [7, 11) is 0. The van der Waals surface area contributed by atoms with Gasteiger partial charge >= 0.3 is 5.97 Å². The fraction of sp³-hybridized carbons (Fsp3) is 0.917. The van der Waals surface area contributed by atoms with E-state index >= 15 is 0 Å². The monoisotopic (exact) mass is 650 g/mol. The molecule has 0 aromatic rings. The third kappa shape index (κ3) is 4.39. The first-order valence-corrected chi connectivity index (χ1v) is 17.6. The summed E-state index contributed by atoms with van der Waals surface area (Å²) in [5, 5.41) is 74.8. The van der Waals surface area contributed by atoms with E-state index in [1.54, 1.807) is 0 Å². The molecule has 4 saturated carbocycles. The van der Waals surface area contributed by atoms with E-state index in [0.717, 1.165) is 37.7 Å². The number of hydrogen-bond donors (Lipinski definition) is 7. The summed E-state index contributed by atoms with van der Waals surface area (Å²) in [5.41, 5.74) is -2.23. The minimum atomic E-state index is -1.53. The number of carboxylic acid groups (broad SMARTS) is 1. The maximum Gasteiger partial charge on any atom is 0.310 e. The molecule has 0 spiro atoms. The number of ether oxygens (including phenoxy) is 2. The first kappa shape index (κ1) is 34.7. The van der Waals surface area contributed by atoms with E-state index in [1.165, 1.54) is 0 Å². The number of carbonyl (C=O) groups is 1. The number of rotatable bonds is 5. The first-order chi connectivity index (χ1) is 21.4. The molecule has 1 aliphatic heterocycles. The maximum absolute atomic E-state index is 13.0. The minimum Gasteiger partial charge on any atom is -0.481 e. The normalized spacial score (nSPS) is 56.9. The molecule has 0 aromatic heterocycles. The number of aliphatic hydroxyl groups excluding tert-OH is 5.